The van der Waals surface area contributed by atoms with Crippen molar-refractivity contribution in [3.8, 4) is 0 Å². The van der Waals surface area contributed by atoms with E-state index in [0.29, 0.717) is 12.2 Å². The minimum atomic E-state index is -1.34. The van der Waals surface area contributed by atoms with E-state index in [2.05, 4.69) is 5.32 Å². The van der Waals surface area contributed by atoms with Crippen LogP contribution in [-0.4, -0.2) is 35.2 Å². The number of aliphatic carboxylic acids is 1. The van der Waals surface area contributed by atoms with Gasteiger partial charge in [0.15, 0.2) is 0 Å². The number of halogens is 1. The Morgan fingerprint density at radius 1 is 1.35 bits per heavy atom. The quantitative estimate of drug-likeness (QED) is 0.841. The molecule has 2 N–H and O–H groups in total. The summed E-state index contributed by atoms with van der Waals surface area (Å²) in [5.41, 5.74) is -1.43. The molecular weight excluding hydrogens is 301 g/mol. The first-order chi connectivity index (χ1) is 10.7. The van der Waals surface area contributed by atoms with Crippen LogP contribution in [0.25, 0.3) is 0 Å². The molecule has 0 radical (unpaired) electrons. The number of benzene rings is 1. The molecule has 1 aliphatic carbocycles. The van der Waals surface area contributed by atoms with Crippen LogP contribution >= 0.6 is 0 Å². The van der Waals surface area contributed by atoms with Crippen molar-refractivity contribution >= 4 is 11.9 Å². The van der Waals surface area contributed by atoms with E-state index in [0.717, 1.165) is 0 Å². The van der Waals surface area contributed by atoms with E-state index in [1.54, 1.807) is 13.8 Å². The summed E-state index contributed by atoms with van der Waals surface area (Å²) in [7, 11) is 0. The zero-order valence-electron chi connectivity index (χ0n) is 13.6. The van der Waals surface area contributed by atoms with Gasteiger partial charge in [-0.05, 0) is 24.6 Å². The lowest BCUT2D eigenvalue weighted by atomic mass is 9.54. The van der Waals surface area contributed by atoms with E-state index in [-0.39, 0.29) is 24.8 Å². The van der Waals surface area contributed by atoms with Crippen molar-refractivity contribution in [1.82, 2.24) is 5.32 Å². The second-order valence-electron chi connectivity index (χ2n) is 6.43. The smallest absolute Gasteiger partial charge is 0.330 e. The molecule has 5 nitrogen and oxygen atoms in total. The Bertz CT molecular complexity index is 599. The first-order valence-electron chi connectivity index (χ1n) is 7.63. The van der Waals surface area contributed by atoms with Gasteiger partial charge in [0.2, 0.25) is 5.91 Å². The van der Waals surface area contributed by atoms with Gasteiger partial charge in [-0.3, -0.25) is 4.79 Å². The Morgan fingerprint density at radius 3 is 2.43 bits per heavy atom. The van der Waals surface area contributed by atoms with E-state index < -0.39 is 22.8 Å². The predicted molar refractivity (Wildman–Crippen MR) is 82.4 cm³/mol. The van der Waals surface area contributed by atoms with Crippen LogP contribution in [0.1, 0.15) is 32.8 Å². The average Bonchev–Trinajstić information content (AvgIpc) is 2.48. The molecular formula is C17H22FNO4. The first-order valence-corrected chi connectivity index (χ1v) is 7.63. The van der Waals surface area contributed by atoms with Gasteiger partial charge in [-0.25, -0.2) is 9.18 Å². The van der Waals surface area contributed by atoms with E-state index in [1.807, 2.05) is 6.92 Å². The molecule has 1 aromatic rings. The van der Waals surface area contributed by atoms with Crippen molar-refractivity contribution in [1.29, 1.82) is 0 Å². The fraction of sp³-hybridized carbons (Fsp3) is 0.529. The SMILES string of the molecule is CCOC1CC(NC(=O)Cc2ccc(F)cc2)(C(=O)O)C1(C)C. The molecule has 0 spiro atoms. The zero-order chi connectivity index (χ0) is 17.3. The monoisotopic (exact) mass is 323 g/mol. The van der Waals surface area contributed by atoms with E-state index in [9.17, 15) is 19.1 Å². The second-order valence-corrected chi connectivity index (χ2v) is 6.43. The maximum atomic E-state index is 12.9. The van der Waals surface area contributed by atoms with Gasteiger partial charge in [-0.2, -0.15) is 0 Å². The highest BCUT2D eigenvalue weighted by molar-refractivity contribution is 5.90. The molecule has 0 aromatic heterocycles. The normalized spacial score (nSPS) is 25.5. The lowest BCUT2D eigenvalue weighted by molar-refractivity contribution is -0.194. The molecule has 2 rings (SSSR count). The first kappa shape index (κ1) is 17.4. The summed E-state index contributed by atoms with van der Waals surface area (Å²) in [6.45, 7) is 5.91. The molecule has 1 saturated carbocycles. The Balaban J connectivity index is 2.10. The fourth-order valence-electron chi connectivity index (χ4n) is 3.11. The van der Waals surface area contributed by atoms with Crippen LogP contribution in [0.2, 0.25) is 0 Å². The third-order valence-electron chi connectivity index (χ3n) is 4.76. The maximum absolute atomic E-state index is 12.9. The van der Waals surface area contributed by atoms with E-state index >= 15 is 0 Å². The third-order valence-corrected chi connectivity index (χ3v) is 4.76. The topological polar surface area (TPSA) is 75.6 Å². The lowest BCUT2D eigenvalue weighted by Gasteiger charge is -2.58. The molecule has 1 fully saturated rings. The van der Waals surface area contributed by atoms with Gasteiger partial charge < -0.3 is 15.2 Å². The van der Waals surface area contributed by atoms with Crippen LogP contribution < -0.4 is 5.32 Å². The summed E-state index contributed by atoms with van der Waals surface area (Å²) in [4.78, 5) is 24.0. The number of hydrogen-bond donors (Lipinski definition) is 2. The molecule has 0 bridgehead atoms. The maximum Gasteiger partial charge on any atom is 0.330 e. The average molecular weight is 323 g/mol. The highest BCUT2D eigenvalue weighted by atomic mass is 19.1. The number of amides is 1. The number of carboxylic acid groups (broad SMARTS) is 1. The van der Waals surface area contributed by atoms with Gasteiger partial charge in [0.1, 0.15) is 11.4 Å². The highest BCUT2D eigenvalue weighted by Crippen LogP contribution is 2.51. The Kier molecular flexibility index (Phi) is 4.75. The number of rotatable bonds is 6. The molecule has 1 aliphatic rings. The number of carbonyl (C=O) groups is 2. The van der Waals surface area contributed by atoms with Crippen LogP contribution in [0.15, 0.2) is 24.3 Å². The lowest BCUT2D eigenvalue weighted by Crippen LogP contribution is -2.76. The van der Waals surface area contributed by atoms with Gasteiger partial charge in [0, 0.05) is 18.4 Å². The van der Waals surface area contributed by atoms with Crippen LogP contribution in [0.4, 0.5) is 4.39 Å². The van der Waals surface area contributed by atoms with Crippen molar-refractivity contribution in [2.24, 2.45) is 5.41 Å². The van der Waals surface area contributed by atoms with E-state index in [4.69, 9.17) is 4.74 Å². The van der Waals surface area contributed by atoms with Gasteiger partial charge in [-0.15, -0.1) is 0 Å². The molecule has 6 heteroatoms. The van der Waals surface area contributed by atoms with Crippen molar-refractivity contribution in [3.63, 3.8) is 0 Å². The zero-order valence-corrected chi connectivity index (χ0v) is 13.6. The highest BCUT2D eigenvalue weighted by Gasteiger charge is 2.66. The number of ether oxygens (including phenoxy) is 1. The Labute approximate surface area is 134 Å². The van der Waals surface area contributed by atoms with Gasteiger partial charge >= 0.3 is 5.97 Å². The van der Waals surface area contributed by atoms with Crippen LogP contribution in [0.3, 0.4) is 0 Å². The molecule has 0 heterocycles. The molecule has 0 aliphatic heterocycles. The number of carboxylic acids is 1. The molecule has 23 heavy (non-hydrogen) atoms. The molecule has 126 valence electrons. The number of carbonyl (C=O) groups excluding carboxylic acids is 1. The summed E-state index contributed by atoms with van der Waals surface area (Å²) in [5.74, 6) is -1.84. The molecule has 0 saturated heterocycles. The van der Waals surface area contributed by atoms with Crippen molar-refractivity contribution < 1.29 is 23.8 Å². The Morgan fingerprint density at radius 2 is 1.96 bits per heavy atom. The van der Waals surface area contributed by atoms with Crippen molar-refractivity contribution in [2.75, 3.05) is 6.61 Å². The minimum absolute atomic E-state index is 0.00465. The van der Waals surface area contributed by atoms with Crippen LogP contribution in [-0.2, 0) is 20.7 Å². The molecule has 2 atom stereocenters. The van der Waals surface area contributed by atoms with E-state index in [1.165, 1.54) is 24.3 Å². The summed E-state index contributed by atoms with van der Waals surface area (Å²) in [6, 6.07) is 5.57. The van der Waals surface area contributed by atoms with Gasteiger partial charge in [0.25, 0.3) is 0 Å². The largest absolute Gasteiger partial charge is 0.479 e. The van der Waals surface area contributed by atoms with Crippen LogP contribution in [0, 0.1) is 11.2 Å². The van der Waals surface area contributed by atoms with Gasteiger partial charge in [-0.1, -0.05) is 26.0 Å². The standard InChI is InChI=1S/C17H22FNO4/c1-4-23-13-10-17(15(21)22,16(13,2)3)19-14(20)9-11-5-7-12(18)8-6-11/h5-8,13H,4,9-10H2,1-3H3,(H,19,20)(H,21,22). The molecule has 1 aromatic carbocycles. The third kappa shape index (κ3) is 3.08. The van der Waals surface area contributed by atoms with Crippen molar-refractivity contribution in [3.05, 3.63) is 35.6 Å². The van der Waals surface area contributed by atoms with Gasteiger partial charge in [0.05, 0.1) is 12.5 Å². The number of nitrogens with one attached hydrogen (secondary N) is 1. The number of hydrogen-bond acceptors (Lipinski definition) is 3. The van der Waals surface area contributed by atoms with Crippen LogP contribution in [0.5, 0.6) is 0 Å². The summed E-state index contributed by atoms with van der Waals surface area (Å²) in [5, 5.41) is 12.3. The summed E-state index contributed by atoms with van der Waals surface area (Å²) in [6.07, 6.45) is 0.0259. The fourth-order valence-corrected chi connectivity index (χ4v) is 3.11. The minimum Gasteiger partial charge on any atom is -0.479 e. The second kappa shape index (κ2) is 6.28. The Hall–Kier alpha value is -1.95. The predicted octanol–water partition coefficient (Wildman–Crippen LogP) is 2.14. The molecule has 2 unspecified atom stereocenters. The summed E-state index contributed by atoms with van der Waals surface area (Å²) >= 11 is 0. The van der Waals surface area contributed by atoms with Crippen molar-refractivity contribution in [2.45, 2.75) is 45.3 Å². The molecule has 1 amide bonds. The summed E-state index contributed by atoms with van der Waals surface area (Å²) < 4.78 is 18.4.